The number of nitrogens with zero attached hydrogens (tertiary/aromatic N) is 1. The van der Waals surface area contributed by atoms with Gasteiger partial charge in [0.05, 0.1) is 0 Å². The molecule has 0 spiro atoms. The number of benzene rings is 1. The first-order chi connectivity index (χ1) is 7.81. The van der Waals surface area contributed by atoms with E-state index in [-0.39, 0.29) is 0 Å². The van der Waals surface area contributed by atoms with Crippen molar-refractivity contribution in [3.8, 4) is 0 Å². The molecule has 0 unspecified atom stereocenters. The van der Waals surface area contributed by atoms with Gasteiger partial charge in [0, 0.05) is 24.8 Å². The molecule has 0 saturated heterocycles. The summed E-state index contributed by atoms with van der Waals surface area (Å²) < 4.78 is 0. The van der Waals surface area contributed by atoms with Gasteiger partial charge in [0.1, 0.15) is 0 Å². The van der Waals surface area contributed by atoms with Crippen molar-refractivity contribution in [3.63, 3.8) is 0 Å². The smallest absolute Gasteiger partial charge is 0.0499 e. The quantitative estimate of drug-likeness (QED) is 0.774. The lowest BCUT2D eigenvalue weighted by Crippen LogP contribution is -2.17. The second-order valence-electron chi connectivity index (χ2n) is 4.12. The van der Waals surface area contributed by atoms with Gasteiger partial charge in [-0.2, -0.15) is 0 Å². The topological polar surface area (TPSA) is 19.0 Å². The van der Waals surface area contributed by atoms with Crippen LogP contribution in [-0.2, 0) is 6.54 Å². The summed E-state index contributed by atoms with van der Waals surface area (Å²) in [4.78, 5) is 5.61. The average Bonchev–Trinajstić information content (AvgIpc) is 2.75. The van der Waals surface area contributed by atoms with E-state index in [4.69, 9.17) is 0 Å². The molecule has 0 aliphatic heterocycles. The van der Waals surface area contributed by atoms with E-state index in [1.807, 2.05) is 6.20 Å². The van der Waals surface area contributed by atoms with Gasteiger partial charge >= 0.3 is 0 Å². The number of allylic oxidation sites excluding steroid dienone is 1. The largest absolute Gasteiger partial charge is 0.361 e. The highest BCUT2D eigenvalue weighted by molar-refractivity contribution is 5.82. The van der Waals surface area contributed by atoms with Crippen LogP contribution < -0.4 is 0 Å². The molecule has 0 radical (unpaired) electrons. The van der Waals surface area contributed by atoms with Gasteiger partial charge in [-0.1, -0.05) is 30.4 Å². The summed E-state index contributed by atoms with van der Waals surface area (Å²) in [5.41, 5.74) is 2.62. The van der Waals surface area contributed by atoms with Crippen molar-refractivity contribution < 1.29 is 0 Å². The van der Waals surface area contributed by atoms with Crippen LogP contribution in [0.4, 0.5) is 0 Å². The summed E-state index contributed by atoms with van der Waals surface area (Å²) >= 11 is 0. The molecule has 84 valence electrons. The van der Waals surface area contributed by atoms with Gasteiger partial charge in [-0.15, -0.1) is 0 Å². The molecule has 2 heteroatoms. The molecule has 0 bridgehead atoms. The van der Waals surface area contributed by atoms with Crippen molar-refractivity contribution in [3.05, 3.63) is 48.2 Å². The number of aromatic amines is 1. The van der Waals surface area contributed by atoms with E-state index in [2.05, 4.69) is 60.3 Å². The van der Waals surface area contributed by atoms with E-state index >= 15 is 0 Å². The molecule has 1 aromatic heterocycles. The van der Waals surface area contributed by atoms with Crippen molar-refractivity contribution in [2.24, 2.45) is 0 Å². The number of aromatic nitrogens is 1. The third-order valence-electron chi connectivity index (χ3n) is 2.77. The highest BCUT2D eigenvalue weighted by Gasteiger charge is 2.03. The van der Waals surface area contributed by atoms with E-state index in [9.17, 15) is 0 Å². The first kappa shape index (κ1) is 11.0. The third-order valence-corrected chi connectivity index (χ3v) is 2.77. The zero-order valence-electron chi connectivity index (χ0n) is 9.90. The van der Waals surface area contributed by atoms with Gasteiger partial charge in [-0.3, -0.25) is 4.90 Å². The lowest BCUT2D eigenvalue weighted by atomic mass is 10.1. The molecule has 0 aliphatic carbocycles. The molecule has 0 atom stereocenters. The zero-order valence-corrected chi connectivity index (χ0v) is 9.90. The number of hydrogen-bond acceptors (Lipinski definition) is 1. The normalized spacial score (nSPS) is 11.9. The minimum atomic E-state index is 0.974. The van der Waals surface area contributed by atoms with Crippen LogP contribution in [0.2, 0.25) is 0 Å². The minimum Gasteiger partial charge on any atom is -0.361 e. The number of rotatable bonds is 4. The van der Waals surface area contributed by atoms with Crippen LogP contribution in [0.25, 0.3) is 10.9 Å². The first-order valence-corrected chi connectivity index (χ1v) is 5.66. The number of H-pyrrole nitrogens is 1. The molecule has 0 fully saturated rings. The molecule has 1 N–H and O–H groups in total. The maximum absolute atomic E-state index is 3.30. The fourth-order valence-electron chi connectivity index (χ4n) is 1.92. The van der Waals surface area contributed by atoms with Crippen molar-refractivity contribution in [2.75, 3.05) is 13.6 Å². The predicted molar refractivity (Wildman–Crippen MR) is 69.4 cm³/mol. The highest BCUT2D eigenvalue weighted by atomic mass is 15.1. The predicted octanol–water partition coefficient (Wildman–Crippen LogP) is 3.18. The molecule has 0 saturated carbocycles. The molecule has 2 rings (SSSR count). The van der Waals surface area contributed by atoms with Gasteiger partial charge in [-0.25, -0.2) is 0 Å². The van der Waals surface area contributed by atoms with Crippen LogP contribution in [0, 0.1) is 0 Å². The maximum atomic E-state index is 3.30. The standard InChI is InChI=1S/C14H18N2/c1-3-4-10-16(2)11-13-7-5-6-12-8-9-15-14(12)13/h3-9,15H,10-11H2,1-2H3. The Hall–Kier alpha value is -1.54. The van der Waals surface area contributed by atoms with E-state index in [0.29, 0.717) is 0 Å². The van der Waals surface area contributed by atoms with Gasteiger partial charge < -0.3 is 4.98 Å². The Balaban J connectivity index is 2.17. The molecule has 2 aromatic rings. The summed E-state index contributed by atoms with van der Waals surface area (Å²) in [5.74, 6) is 0. The molecular formula is C14H18N2. The Kier molecular flexibility index (Phi) is 3.42. The second kappa shape index (κ2) is 4.99. The lowest BCUT2D eigenvalue weighted by Gasteiger charge is -2.14. The Labute approximate surface area is 96.6 Å². The van der Waals surface area contributed by atoms with Gasteiger partial charge in [0.25, 0.3) is 0 Å². The van der Waals surface area contributed by atoms with E-state index in [0.717, 1.165) is 13.1 Å². The van der Waals surface area contributed by atoms with Crippen LogP contribution in [0.15, 0.2) is 42.6 Å². The number of likely N-dealkylation sites (N-methyl/N-ethyl adjacent to an activating group) is 1. The third kappa shape index (κ3) is 2.34. The molecule has 1 heterocycles. The summed E-state index contributed by atoms with van der Waals surface area (Å²) in [7, 11) is 2.14. The Morgan fingerprint density at radius 2 is 2.19 bits per heavy atom. The summed E-state index contributed by atoms with van der Waals surface area (Å²) in [6, 6.07) is 8.56. The molecular weight excluding hydrogens is 196 g/mol. The summed E-state index contributed by atoms with van der Waals surface area (Å²) in [6.07, 6.45) is 6.26. The fourth-order valence-corrected chi connectivity index (χ4v) is 1.92. The van der Waals surface area contributed by atoms with Crippen molar-refractivity contribution in [1.82, 2.24) is 9.88 Å². The van der Waals surface area contributed by atoms with Crippen LogP contribution in [0.5, 0.6) is 0 Å². The van der Waals surface area contributed by atoms with Gasteiger partial charge in [0.2, 0.25) is 0 Å². The Bertz CT molecular complexity index is 482. The number of hydrogen-bond donors (Lipinski definition) is 1. The fraction of sp³-hybridized carbons (Fsp3) is 0.286. The monoisotopic (exact) mass is 214 g/mol. The van der Waals surface area contributed by atoms with Crippen LogP contribution in [0.1, 0.15) is 12.5 Å². The van der Waals surface area contributed by atoms with Crippen LogP contribution in [0.3, 0.4) is 0 Å². The Morgan fingerprint density at radius 3 is 3.00 bits per heavy atom. The molecule has 16 heavy (non-hydrogen) atoms. The highest BCUT2D eigenvalue weighted by Crippen LogP contribution is 2.17. The Morgan fingerprint density at radius 1 is 1.31 bits per heavy atom. The van der Waals surface area contributed by atoms with Crippen LogP contribution >= 0.6 is 0 Å². The summed E-state index contributed by atoms with van der Waals surface area (Å²) in [5, 5.41) is 1.29. The van der Waals surface area contributed by atoms with Crippen LogP contribution in [-0.4, -0.2) is 23.5 Å². The molecule has 2 nitrogen and oxygen atoms in total. The molecule has 0 aliphatic rings. The van der Waals surface area contributed by atoms with Crippen molar-refractivity contribution in [1.29, 1.82) is 0 Å². The molecule has 1 aromatic carbocycles. The van der Waals surface area contributed by atoms with Crippen molar-refractivity contribution >= 4 is 10.9 Å². The lowest BCUT2D eigenvalue weighted by molar-refractivity contribution is 0.364. The first-order valence-electron chi connectivity index (χ1n) is 5.66. The zero-order chi connectivity index (χ0) is 11.4. The van der Waals surface area contributed by atoms with E-state index < -0.39 is 0 Å². The van der Waals surface area contributed by atoms with Crippen molar-refractivity contribution in [2.45, 2.75) is 13.5 Å². The SMILES string of the molecule is CC=CCN(C)Cc1cccc2cc[nH]c12. The number of para-hydroxylation sites is 1. The second-order valence-corrected chi connectivity index (χ2v) is 4.12. The minimum absolute atomic E-state index is 0.974. The van der Waals surface area contributed by atoms with E-state index in [1.165, 1.54) is 16.5 Å². The average molecular weight is 214 g/mol. The van der Waals surface area contributed by atoms with Gasteiger partial charge in [-0.05, 0) is 31.0 Å². The van der Waals surface area contributed by atoms with Gasteiger partial charge in [0.15, 0.2) is 0 Å². The molecule has 0 amide bonds. The number of fused-ring (bicyclic) bond motifs is 1. The summed E-state index contributed by atoms with van der Waals surface area (Å²) in [6.45, 7) is 4.02. The maximum Gasteiger partial charge on any atom is 0.0499 e. The number of nitrogens with one attached hydrogen (secondary N) is 1. The van der Waals surface area contributed by atoms with E-state index in [1.54, 1.807) is 0 Å².